The van der Waals surface area contributed by atoms with E-state index in [1.165, 1.54) is 18.2 Å². The van der Waals surface area contributed by atoms with Crippen LogP contribution in [0.5, 0.6) is 6.01 Å². The lowest BCUT2D eigenvalue weighted by Gasteiger charge is -2.37. The van der Waals surface area contributed by atoms with E-state index < -0.39 is 17.6 Å². The van der Waals surface area contributed by atoms with Crippen molar-refractivity contribution in [2.24, 2.45) is 11.8 Å². The van der Waals surface area contributed by atoms with Gasteiger partial charge >= 0.3 is 12.1 Å². The molecule has 0 radical (unpaired) electrons. The zero-order chi connectivity index (χ0) is 53.9. The van der Waals surface area contributed by atoms with Crippen molar-refractivity contribution in [2.45, 2.75) is 127 Å². The first kappa shape index (κ1) is 51.5. The number of nitrogens with zero attached hydrogens (tertiary/aromatic N) is 9. The number of anilines is 2. The van der Waals surface area contributed by atoms with Crippen LogP contribution in [0.25, 0.3) is 43.8 Å². The van der Waals surface area contributed by atoms with E-state index in [-0.39, 0.29) is 58.3 Å². The summed E-state index contributed by atoms with van der Waals surface area (Å²) >= 11 is 0. The van der Waals surface area contributed by atoms with Crippen LogP contribution in [-0.4, -0.2) is 136 Å². The van der Waals surface area contributed by atoms with Crippen LogP contribution in [0.3, 0.4) is 0 Å². The van der Waals surface area contributed by atoms with Crippen LogP contribution in [0.15, 0.2) is 48.5 Å². The smallest absolute Gasteiger partial charge is 0.409 e. The molecule has 412 valence electrons. The average molecular weight is 1080 g/mol. The van der Waals surface area contributed by atoms with Crippen LogP contribution in [-0.2, 0) is 32.0 Å². The molecular formula is C61H68F2N10O6. The third kappa shape index (κ3) is 9.47. The Bertz CT molecular complexity index is 3420. The van der Waals surface area contributed by atoms with Crippen molar-refractivity contribution < 1.29 is 37.4 Å². The summed E-state index contributed by atoms with van der Waals surface area (Å²) in [6.45, 7) is 9.40. The second-order valence-corrected chi connectivity index (χ2v) is 23.1. The molecule has 0 bridgehead atoms. The second kappa shape index (κ2) is 21.3. The number of hydrogen-bond donors (Lipinski definition) is 1. The molecule has 6 aromatic rings. The number of amides is 3. The van der Waals surface area contributed by atoms with Gasteiger partial charge in [0.1, 0.15) is 36.1 Å². The summed E-state index contributed by atoms with van der Waals surface area (Å²) in [5.41, 5.74) is 3.93. The molecule has 1 N–H and O–H groups in total. The van der Waals surface area contributed by atoms with Crippen molar-refractivity contribution in [3.05, 3.63) is 77.1 Å². The predicted octanol–water partition coefficient (Wildman–Crippen LogP) is 9.07. The second-order valence-electron chi connectivity index (χ2n) is 23.1. The summed E-state index contributed by atoms with van der Waals surface area (Å²) < 4.78 is 53.5. The molecule has 10 heterocycles. The quantitative estimate of drug-likeness (QED) is 0.0968. The lowest BCUT2D eigenvalue weighted by molar-refractivity contribution is -0.134. The first-order valence-corrected chi connectivity index (χ1v) is 28.9. The molecule has 7 aliphatic rings. The minimum atomic E-state index is -0.640. The van der Waals surface area contributed by atoms with E-state index in [2.05, 4.69) is 51.1 Å². The fourth-order valence-electron chi connectivity index (χ4n) is 14.5. The van der Waals surface area contributed by atoms with E-state index in [0.717, 1.165) is 100 Å². The number of carbonyl (C=O) groups excluding carboxylic acids is 3. The van der Waals surface area contributed by atoms with E-state index in [0.29, 0.717) is 117 Å². The van der Waals surface area contributed by atoms with Gasteiger partial charge in [0.2, 0.25) is 11.8 Å². The zero-order valence-electron chi connectivity index (χ0n) is 45.0. The highest BCUT2D eigenvalue weighted by molar-refractivity contribution is 6.04. The molecule has 16 nitrogen and oxygen atoms in total. The highest BCUT2D eigenvalue weighted by atomic mass is 19.1. The Kier molecular flexibility index (Phi) is 13.8. The van der Waals surface area contributed by atoms with Crippen molar-refractivity contribution in [3.63, 3.8) is 0 Å². The summed E-state index contributed by atoms with van der Waals surface area (Å²) in [6.07, 6.45) is 17.4. The number of nitrogens with one attached hydrogen (secondary N) is 1. The maximum absolute atomic E-state index is 17.5. The van der Waals surface area contributed by atoms with Crippen molar-refractivity contribution in [2.75, 3.05) is 75.5 Å². The Balaban J connectivity index is 0.634. The molecule has 6 saturated heterocycles. The number of imide groups is 1. The number of aromatic nitrogens is 5. The maximum Gasteiger partial charge on any atom is 0.409 e. The van der Waals surface area contributed by atoms with Crippen molar-refractivity contribution in [1.82, 2.24) is 39.8 Å². The molecule has 1 unspecified atom stereocenters. The number of likely N-dealkylation sites (tertiary alicyclic amines) is 1. The van der Waals surface area contributed by atoms with Crippen molar-refractivity contribution >= 4 is 62.0 Å². The predicted molar refractivity (Wildman–Crippen MR) is 296 cm³/mol. The van der Waals surface area contributed by atoms with Gasteiger partial charge < -0.3 is 28.9 Å². The summed E-state index contributed by atoms with van der Waals surface area (Å²) in [7, 11) is 0. The van der Waals surface area contributed by atoms with Gasteiger partial charge in [0.15, 0.2) is 5.82 Å². The molecule has 0 aliphatic carbocycles. The van der Waals surface area contributed by atoms with Gasteiger partial charge in [0.25, 0.3) is 0 Å². The fraction of sp³-hybridized carbons (Fsp3) is 0.525. The molecule has 3 aromatic heterocycles. The minimum Gasteiger partial charge on any atom is -0.461 e. The number of fused-ring (bicyclic) bond motifs is 5. The number of aryl methyl sites for hydroxylation is 2. The number of benzene rings is 3. The van der Waals surface area contributed by atoms with E-state index >= 15 is 8.78 Å². The molecule has 79 heavy (non-hydrogen) atoms. The minimum absolute atomic E-state index is 0.00292. The van der Waals surface area contributed by atoms with Crippen molar-refractivity contribution in [3.8, 4) is 29.6 Å². The van der Waals surface area contributed by atoms with E-state index in [9.17, 15) is 14.4 Å². The largest absolute Gasteiger partial charge is 0.461 e. The third-order valence-corrected chi connectivity index (χ3v) is 18.7. The molecule has 0 spiro atoms. The summed E-state index contributed by atoms with van der Waals surface area (Å²) in [6, 6.07) is 15.0. The maximum atomic E-state index is 17.5. The molecule has 13 rings (SSSR count). The molecule has 6 fully saturated rings. The number of ether oxygens (including phenoxy) is 3. The van der Waals surface area contributed by atoms with Gasteiger partial charge in [-0.3, -0.25) is 24.5 Å². The number of carbonyl (C=O) groups is 3. The van der Waals surface area contributed by atoms with Gasteiger partial charge in [0, 0.05) is 80.4 Å². The first-order chi connectivity index (χ1) is 38.6. The normalized spacial score (nSPS) is 24.1. The van der Waals surface area contributed by atoms with Gasteiger partial charge in [-0.15, -0.1) is 6.42 Å². The highest BCUT2D eigenvalue weighted by Crippen LogP contribution is 2.45. The number of terminal acetylenes is 1. The number of rotatable bonds is 11. The van der Waals surface area contributed by atoms with Crippen LogP contribution >= 0.6 is 0 Å². The van der Waals surface area contributed by atoms with Crippen LogP contribution in [0.2, 0.25) is 0 Å². The van der Waals surface area contributed by atoms with E-state index in [1.54, 1.807) is 18.2 Å². The number of halogens is 2. The molecule has 3 aromatic carbocycles. The molecule has 7 aliphatic heterocycles. The van der Waals surface area contributed by atoms with Gasteiger partial charge in [-0.25, -0.2) is 18.6 Å². The monoisotopic (exact) mass is 1070 g/mol. The van der Waals surface area contributed by atoms with Crippen LogP contribution < -0.4 is 19.9 Å². The van der Waals surface area contributed by atoms with Gasteiger partial charge in [-0.1, -0.05) is 30.2 Å². The van der Waals surface area contributed by atoms with Gasteiger partial charge in [-0.05, 0) is 138 Å². The highest BCUT2D eigenvalue weighted by Gasteiger charge is 2.50. The number of piperidine rings is 3. The molecular weight excluding hydrogens is 1010 g/mol. The summed E-state index contributed by atoms with van der Waals surface area (Å²) in [5.74, 6) is 2.20. The Morgan fingerprint density at radius 1 is 0.899 bits per heavy atom. The molecule has 0 saturated carbocycles. The topological polar surface area (TPSA) is 160 Å². The number of hydrogen-bond acceptors (Lipinski definition) is 13. The molecule has 3 amide bonds. The SMILES string of the molecule is C#Cc1c(F)ccc2cccc(-c3nc4c5c(nc(OC[C@@]67CCCN6[C@H](COC(=O)N6CCC(CC8CCN(c9ccc%10c(C%11CCC(=O)NC%11=O)nn(CC)c%10c9)CC8)CC6)CC7)nc5c3F)N3CCCOC[C@@H]3CC4)c12. The third-order valence-electron chi connectivity index (χ3n) is 18.7. The van der Waals surface area contributed by atoms with Crippen LogP contribution in [0.4, 0.5) is 25.1 Å². The number of pyridine rings is 1. The van der Waals surface area contributed by atoms with Gasteiger partial charge in [-0.2, -0.15) is 15.1 Å². The fourth-order valence-corrected chi connectivity index (χ4v) is 14.5. The Labute approximate surface area is 458 Å². The molecule has 4 atom stereocenters. The van der Waals surface area contributed by atoms with Crippen LogP contribution in [0, 0.1) is 35.8 Å². The standard InChI is InChI=1S/C61H68F2N10O6/c1-3-43-47(62)15-10-39-8-5-9-45(51(39)43)55-53(63)56-52-48(64-55)16-12-41-34-77-31-7-25-71(41)57(52)67-59(66-56)79-36-61-23-6-26-72(61)42(18-24-61)35-78-60(76)70-29-21-38(22-30-70)32-37-19-27-69(28-20-37)40-11-13-44-49(33-40)73(4-2)68-54(44)46-14-17-50(74)65-58(46)75/h1,5,8-11,13,15,33,37-38,41-42,46H,4,6-7,12,14,16-32,34-36H2,2H3,(H,65,74,75)/t41-,42-,46?,61-/m0/s1. The van der Waals surface area contributed by atoms with Crippen molar-refractivity contribution in [1.29, 1.82) is 0 Å². The van der Waals surface area contributed by atoms with Crippen LogP contribution in [0.1, 0.15) is 113 Å². The molecule has 18 heteroatoms. The zero-order valence-corrected chi connectivity index (χ0v) is 45.0. The lowest BCUT2D eigenvalue weighted by Crippen LogP contribution is -2.48. The van der Waals surface area contributed by atoms with E-state index in [4.69, 9.17) is 40.7 Å². The Morgan fingerprint density at radius 3 is 2.54 bits per heavy atom. The average Bonchev–Trinajstić information content (AvgIpc) is 4.11. The van der Waals surface area contributed by atoms with E-state index in [1.807, 2.05) is 15.6 Å². The van der Waals surface area contributed by atoms with Gasteiger partial charge in [0.05, 0.1) is 52.0 Å². The lowest BCUT2D eigenvalue weighted by atomic mass is 9.83. The Morgan fingerprint density at radius 2 is 1.73 bits per heavy atom. The summed E-state index contributed by atoms with van der Waals surface area (Å²) in [4.78, 5) is 62.2. The Hall–Kier alpha value is -6.97. The summed E-state index contributed by atoms with van der Waals surface area (Å²) in [5, 5.41) is 9.99. The first-order valence-electron chi connectivity index (χ1n) is 28.9.